The highest BCUT2D eigenvalue weighted by Crippen LogP contribution is 2.19. The van der Waals surface area contributed by atoms with Crippen LogP contribution in [0.4, 0.5) is 5.69 Å². The van der Waals surface area contributed by atoms with E-state index in [-0.39, 0.29) is 18.3 Å². The number of carbonyl (C=O) groups is 1. The van der Waals surface area contributed by atoms with Crippen molar-refractivity contribution in [3.8, 4) is 0 Å². The lowest BCUT2D eigenvalue weighted by molar-refractivity contribution is 0.0707. The van der Waals surface area contributed by atoms with Gasteiger partial charge in [0.2, 0.25) is 0 Å². The van der Waals surface area contributed by atoms with Crippen molar-refractivity contribution in [2.45, 2.75) is 37.8 Å². The molecular weight excluding hydrogens is 362 g/mol. The van der Waals surface area contributed by atoms with Crippen molar-refractivity contribution in [3.05, 3.63) is 48.3 Å². The van der Waals surface area contributed by atoms with Crippen LogP contribution >= 0.6 is 12.4 Å². The van der Waals surface area contributed by atoms with E-state index >= 15 is 0 Å². The summed E-state index contributed by atoms with van der Waals surface area (Å²) in [4.78, 5) is 14.8. The molecule has 2 aliphatic heterocycles. The molecule has 2 aliphatic rings. The second-order valence-electron chi connectivity index (χ2n) is 7.28. The topological polar surface area (TPSA) is 62.2 Å². The summed E-state index contributed by atoms with van der Waals surface area (Å²) in [6.07, 6.45) is 6.33. The van der Waals surface area contributed by atoms with Crippen LogP contribution in [0.25, 0.3) is 0 Å². The number of benzene rings is 1. The average Bonchev–Trinajstić information content (AvgIpc) is 3.19. The van der Waals surface area contributed by atoms with Gasteiger partial charge in [-0.25, -0.2) is 0 Å². The smallest absolute Gasteiger partial charge is 0.274 e. The van der Waals surface area contributed by atoms with E-state index in [1.54, 1.807) is 0 Å². The molecule has 4 rings (SSSR count). The molecule has 0 radical (unpaired) electrons. The Kier molecular flexibility index (Phi) is 6.74. The second-order valence-corrected chi connectivity index (χ2v) is 7.28. The lowest BCUT2D eigenvalue weighted by Crippen LogP contribution is -2.45. The van der Waals surface area contributed by atoms with Crippen LogP contribution in [0.1, 0.15) is 42.2 Å². The number of nitrogens with one attached hydrogen (secondary N) is 2. The van der Waals surface area contributed by atoms with Crippen molar-refractivity contribution in [1.82, 2.24) is 20.0 Å². The first-order valence-corrected chi connectivity index (χ1v) is 9.66. The summed E-state index contributed by atoms with van der Waals surface area (Å²) in [5.41, 5.74) is 1.68. The summed E-state index contributed by atoms with van der Waals surface area (Å²) < 4.78 is 1.96. The number of rotatable bonds is 4. The third kappa shape index (κ3) is 4.82. The number of amides is 1. The molecule has 2 N–H and O–H groups in total. The Morgan fingerprint density at radius 1 is 1.15 bits per heavy atom. The number of likely N-dealkylation sites (tertiary alicyclic amines) is 1. The first-order chi connectivity index (χ1) is 12.8. The van der Waals surface area contributed by atoms with E-state index in [0.717, 1.165) is 57.5 Å². The van der Waals surface area contributed by atoms with Gasteiger partial charge in [0.15, 0.2) is 0 Å². The third-order valence-corrected chi connectivity index (χ3v) is 5.33. The Hall–Kier alpha value is -2.05. The molecule has 0 bridgehead atoms. The normalized spacial score (nSPS) is 22.7. The molecule has 6 nitrogen and oxygen atoms in total. The zero-order valence-electron chi connectivity index (χ0n) is 15.5. The van der Waals surface area contributed by atoms with E-state index in [1.165, 1.54) is 0 Å². The van der Waals surface area contributed by atoms with Crippen LogP contribution in [0.2, 0.25) is 0 Å². The maximum absolute atomic E-state index is 12.9. The lowest BCUT2D eigenvalue weighted by atomic mass is 10.0. The van der Waals surface area contributed by atoms with Crippen molar-refractivity contribution in [2.24, 2.45) is 0 Å². The van der Waals surface area contributed by atoms with E-state index in [4.69, 9.17) is 0 Å². The highest BCUT2D eigenvalue weighted by molar-refractivity contribution is 5.92. The van der Waals surface area contributed by atoms with Crippen LogP contribution < -0.4 is 10.6 Å². The molecule has 2 atom stereocenters. The number of para-hydroxylation sites is 1. The van der Waals surface area contributed by atoms with Crippen molar-refractivity contribution in [3.63, 3.8) is 0 Å². The average molecular weight is 390 g/mol. The standard InChI is InChI=1S/C20H27N5O.ClH/c26-20(19-10-13-25(23-19)18-9-4-11-21-14-18)24-12-5-8-17(15-24)22-16-6-2-1-3-7-16;/h1-3,6-7,10,13,17-18,21-22H,4-5,8-9,11-12,14-15H2;1H. The molecule has 2 aromatic rings. The van der Waals surface area contributed by atoms with E-state index < -0.39 is 0 Å². The van der Waals surface area contributed by atoms with Crippen LogP contribution in [0.3, 0.4) is 0 Å². The number of nitrogens with zero attached hydrogens (tertiary/aromatic N) is 3. The number of anilines is 1. The highest BCUT2D eigenvalue weighted by Gasteiger charge is 2.26. The zero-order chi connectivity index (χ0) is 17.8. The molecule has 1 amide bonds. The minimum atomic E-state index is 0. The molecule has 1 aromatic carbocycles. The molecule has 1 aromatic heterocycles. The predicted octanol–water partition coefficient (Wildman–Crippen LogP) is 2.95. The molecule has 3 heterocycles. The number of carbonyl (C=O) groups excluding carboxylic acids is 1. The van der Waals surface area contributed by atoms with Crippen molar-refractivity contribution in [2.75, 3.05) is 31.5 Å². The van der Waals surface area contributed by atoms with Gasteiger partial charge in [-0.2, -0.15) is 5.10 Å². The fraction of sp³-hybridized carbons (Fsp3) is 0.500. The number of hydrogen-bond acceptors (Lipinski definition) is 4. The van der Waals surface area contributed by atoms with E-state index in [1.807, 2.05) is 40.0 Å². The van der Waals surface area contributed by atoms with Crippen LogP contribution in [-0.2, 0) is 0 Å². The van der Waals surface area contributed by atoms with Gasteiger partial charge in [-0.3, -0.25) is 9.48 Å². The summed E-state index contributed by atoms with van der Waals surface area (Å²) in [5, 5.41) is 11.5. The Bertz CT molecular complexity index is 729. The first-order valence-electron chi connectivity index (χ1n) is 9.66. The summed E-state index contributed by atoms with van der Waals surface area (Å²) in [5.74, 6) is 0.0482. The number of piperidine rings is 2. The molecule has 0 spiro atoms. The van der Waals surface area contributed by atoms with E-state index in [0.29, 0.717) is 17.8 Å². The van der Waals surface area contributed by atoms with Gasteiger partial charge in [0.25, 0.3) is 5.91 Å². The van der Waals surface area contributed by atoms with E-state index in [2.05, 4.69) is 27.9 Å². The number of hydrogen-bond donors (Lipinski definition) is 2. The monoisotopic (exact) mass is 389 g/mol. The fourth-order valence-electron chi connectivity index (χ4n) is 3.93. The van der Waals surface area contributed by atoms with Gasteiger partial charge in [-0.15, -0.1) is 12.4 Å². The molecule has 0 aliphatic carbocycles. The molecule has 27 heavy (non-hydrogen) atoms. The first kappa shape index (κ1) is 19.7. The Labute approximate surface area is 166 Å². The summed E-state index contributed by atoms with van der Waals surface area (Å²) in [6, 6.07) is 12.7. The molecule has 146 valence electrons. The fourth-order valence-corrected chi connectivity index (χ4v) is 3.93. The zero-order valence-corrected chi connectivity index (χ0v) is 16.3. The number of aromatic nitrogens is 2. The van der Waals surface area contributed by atoms with Gasteiger partial charge in [0, 0.05) is 37.6 Å². The van der Waals surface area contributed by atoms with Crippen molar-refractivity contribution in [1.29, 1.82) is 0 Å². The van der Waals surface area contributed by atoms with Gasteiger partial charge in [0.05, 0.1) is 6.04 Å². The molecular formula is C20H28ClN5O. The van der Waals surface area contributed by atoms with Crippen molar-refractivity contribution >= 4 is 24.0 Å². The van der Waals surface area contributed by atoms with Gasteiger partial charge < -0.3 is 15.5 Å². The van der Waals surface area contributed by atoms with Gasteiger partial charge in [-0.1, -0.05) is 18.2 Å². The maximum Gasteiger partial charge on any atom is 0.274 e. The Balaban J connectivity index is 0.00000210. The third-order valence-electron chi connectivity index (χ3n) is 5.33. The lowest BCUT2D eigenvalue weighted by Gasteiger charge is -2.33. The van der Waals surface area contributed by atoms with Crippen LogP contribution in [0.15, 0.2) is 42.6 Å². The SMILES string of the molecule is Cl.O=C(c1ccn(C2CCCNC2)n1)N1CCCC(Nc2ccccc2)C1. The van der Waals surface area contributed by atoms with Crippen molar-refractivity contribution < 1.29 is 4.79 Å². The second kappa shape index (κ2) is 9.24. The molecule has 2 fully saturated rings. The molecule has 0 saturated carbocycles. The summed E-state index contributed by atoms with van der Waals surface area (Å²) >= 11 is 0. The van der Waals surface area contributed by atoms with Crippen LogP contribution in [0, 0.1) is 0 Å². The predicted molar refractivity (Wildman–Crippen MR) is 110 cm³/mol. The minimum absolute atomic E-state index is 0. The maximum atomic E-state index is 12.9. The number of halogens is 1. The van der Waals surface area contributed by atoms with E-state index in [9.17, 15) is 4.79 Å². The Morgan fingerprint density at radius 3 is 2.78 bits per heavy atom. The molecule has 2 unspecified atom stereocenters. The molecule has 2 saturated heterocycles. The van der Waals surface area contributed by atoms with Crippen LogP contribution in [-0.4, -0.2) is 52.8 Å². The van der Waals surface area contributed by atoms with Crippen LogP contribution in [0.5, 0.6) is 0 Å². The summed E-state index contributed by atoms with van der Waals surface area (Å²) in [7, 11) is 0. The summed E-state index contributed by atoms with van der Waals surface area (Å²) in [6.45, 7) is 3.55. The quantitative estimate of drug-likeness (QED) is 0.843. The Morgan fingerprint density at radius 2 is 2.00 bits per heavy atom. The van der Waals surface area contributed by atoms with Gasteiger partial charge in [0.1, 0.15) is 5.69 Å². The minimum Gasteiger partial charge on any atom is -0.381 e. The highest BCUT2D eigenvalue weighted by atomic mass is 35.5. The van der Waals surface area contributed by atoms with Gasteiger partial charge >= 0.3 is 0 Å². The van der Waals surface area contributed by atoms with Gasteiger partial charge in [-0.05, 0) is 50.4 Å². The molecule has 7 heteroatoms. The largest absolute Gasteiger partial charge is 0.381 e.